The molecule has 5 heteroatoms. The minimum absolute atomic E-state index is 0.460. The Kier molecular flexibility index (Phi) is 5.89. The average molecular weight is 388 g/mol. The minimum Gasteiger partial charge on any atom is -0.457 e. The van der Waals surface area contributed by atoms with Crippen LogP contribution in [0.3, 0.4) is 0 Å². The van der Waals surface area contributed by atoms with Crippen molar-refractivity contribution in [3.8, 4) is 22.6 Å². The molecule has 29 heavy (non-hydrogen) atoms. The summed E-state index contributed by atoms with van der Waals surface area (Å²) < 4.78 is 5.87. The van der Waals surface area contributed by atoms with E-state index in [4.69, 9.17) is 10.6 Å². The van der Waals surface area contributed by atoms with Crippen molar-refractivity contribution >= 4 is 5.97 Å². The van der Waals surface area contributed by atoms with Crippen molar-refractivity contribution in [3.63, 3.8) is 0 Å². The predicted octanol–water partition coefficient (Wildman–Crippen LogP) is 4.64. The summed E-state index contributed by atoms with van der Waals surface area (Å²) in [5.41, 5.74) is 3.44. The molecule has 1 aliphatic rings. The molecule has 0 amide bonds. The third-order valence-corrected chi connectivity index (χ3v) is 5.33. The Morgan fingerprint density at radius 1 is 0.897 bits per heavy atom. The summed E-state index contributed by atoms with van der Waals surface area (Å²) in [5, 5.41) is 3.39. The Bertz CT molecular complexity index is 965. The lowest BCUT2D eigenvalue weighted by Gasteiger charge is -2.24. The Hall–Kier alpha value is -3.15. The molecule has 3 aromatic carbocycles. The van der Waals surface area contributed by atoms with Crippen LogP contribution in [0.15, 0.2) is 72.8 Å². The lowest BCUT2D eigenvalue weighted by molar-refractivity contribution is 0.0504. The number of carbonyl (C=O) groups excluding carboxylic acids is 1. The van der Waals surface area contributed by atoms with Gasteiger partial charge in [-0.2, -0.15) is 5.90 Å². The molecule has 0 atom stereocenters. The third kappa shape index (κ3) is 4.47. The molecule has 1 saturated heterocycles. The molecule has 0 aromatic heterocycles. The molecule has 148 valence electrons. The van der Waals surface area contributed by atoms with Gasteiger partial charge in [0.25, 0.3) is 0 Å². The molecule has 1 fully saturated rings. The molecule has 0 saturated carbocycles. The van der Waals surface area contributed by atoms with Crippen molar-refractivity contribution < 1.29 is 14.4 Å². The van der Waals surface area contributed by atoms with Gasteiger partial charge in [-0.25, -0.2) is 4.79 Å². The lowest BCUT2D eigenvalue weighted by Crippen LogP contribution is -2.26. The van der Waals surface area contributed by atoms with E-state index in [1.165, 1.54) is 5.56 Å². The fourth-order valence-electron chi connectivity index (χ4n) is 3.78. The van der Waals surface area contributed by atoms with Crippen molar-refractivity contribution in [2.75, 3.05) is 13.1 Å². The standard InChI is InChI=1S/C24H24N2O3/c25-29-24(27)22-11-8-19(17-12-14-26-15-13-17)16-23(22)18-6-9-21(10-7-18)28-20-4-2-1-3-5-20/h1-11,16-17,26H,12-15,25H2. The van der Waals surface area contributed by atoms with Gasteiger partial charge in [-0.3, -0.25) is 0 Å². The van der Waals surface area contributed by atoms with Crippen LogP contribution in [0.5, 0.6) is 11.5 Å². The number of nitrogens with one attached hydrogen (secondary N) is 1. The summed E-state index contributed by atoms with van der Waals surface area (Å²) in [4.78, 5) is 16.7. The largest absolute Gasteiger partial charge is 0.457 e. The number of benzene rings is 3. The minimum atomic E-state index is -0.540. The van der Waals surface area contributed by atoms with Crippen molar-refractivity contribution in [1.29, 1.82) is 0 Å². The maximum absolute atomic E-state index is 12.2. The topological polar surface area (TPSA) is 73.6 Å². The number of piperidine rings is 1. The molecule has 1 aliphatic heterocycles. The van der Waals surface area contributed by atoms with Gasteiger partial charge >= 0.3 is 5.97 Å². The van der Waals surface area contributed by atoms with Crippen molar-refractivity contribution in [2.24, 2.45) is 5.90 Å². The fraction of sp³-hybridized carbons (Fsp3) is 0.208. The Morgan fingerprint density at radius 2 is 1.59 bits per heavy atom. The van der Waals surface area contributed by atoms with Gasteiger partial charge in [0, 0.05) is 0 Å². The quantitative estimate of drug-likeness (QED) is 0.623. The van der Waals surface area contributed by atoms with E-state index in [-0.39, 0.29) is 0 Å². The first kappa shape index (κ1) is 19.2. The van der Waals surface area contributed by atoms with Crippen LogP contribution in [-0.2, 0) is 4.84 Å². The third-order valence-electron chi connectivity index (χ3n) is 5.33. The second kappa shape index (κ2) is 8.90. The van der Waals surface area contributed by atoms with E-state index in [1.54, 1.807) is 0 Å². The zero-order chi connectivity index (χ0) is 20.1. The van der Waals surface area contributed by atoms with Gasteiger partial charge in [-0.05, 0) is 78.9 Å². The highest BCUT2D eigenvalue weighted by Crippen LogP contribution is 2.33. The van der Waals surface area contributed by atoms with Gasteiger partial charge in [0.2, 0.25) is 0 Å². The van der Waals surface area contributed by atoms with Crippen LogP contribution >= 0.6 is 0 Å². The summed E-state index contributed by atoms with van der Waals surface area (Å²) in [6.45, 7) is 2.02. The van der Waals surface area contributed by atoms with Gasteiger partial charge in [-0.1, -0.05) is 42.5 Å². The highest BCUT2D eigenvalue weighted by Gasteiger charge is 2.20. The number of para-hydroxylation sites is 1. The molecular weight excluding hydrogens is 364 g/mol. The normalized spacial score (nSPS) is 14.4. The van der Waals surface area contributed by atoms with Gasteiger partial charge in [0.05, 0.1) is 5.56 Å². The number of hydrogen-bond acceptors (Lipinski definition) is 5. The number of carbonyl (C=O) groups is 1. The molecule has 3 aromatic rings. The van der Waals surface area contributed by atoms with Crippen LogP contribution in [0.1, 0.15) is 34.7 Å². The second-order valence-electron chi connectivity index (χ2n) is 7.17. The first-order valence-electron chi connectivity index (χ1n) is 9.83. The lowest BCUT2D eigenvalue weighted by atomic mass is 9.87. The van der Waals surface area contributed by atoms with Gasteiger partial charge in [0.15, 0.2) is 0 Å². The van der Waals surface area contributed by atoms with Gasteiger partial charge in [-0.15, -0.1) is 0 Å². The van der Waals surface area contributed by atoms with Crippen molar-refractivity contribution in [1.82, 2.24) is 5.32 Å². The van der Waals surface area contributed by atoms with E-state index in [9.17, 15) is 4.79 Å². The predicted molar refractivity (Wildman–Crippen MR) is 113 cm³/mol. The summed E-state index contributed by atoms with van der Waals surface area (Å²) in [6.07, 6.45) is 2.17. The SMILES string of the molecule is NOC(=O)c1ccc(C2CCNCC2)cc1-c1ccc(Oc2ccccc2)cc1. The Morgan fingerprint density at radius 3 is 2.28 bits per heavy atom. The number of rotatable bonds is 5. The number of nitrogens with two attached hydrogens (primary N) is 1. The first-order chi connectivity index (χ1) is 14.2. The van der Waals surface area contributed by atoms with Crippen LogP contribution in [-0.4, -0.2) is 19.1 Å². The molecule has 0 spiro atoms. The van der Waals surface area contributed by atoms with Gasteiger partial charge < -0.3 is 14.9 Å². The monoisotopic (exact) mass is 388 g/mol. The zero-order valence-electron chi connectivity index (χ0n) is 16.1. The van der Waals surface area contributed by atoms with E-state index in [1.807, 2.05) is 66.7 Å². The van der Waals surface area contributed by atoms with E-state index in [0.29, 0.717) is 11.5 Å². The average Bonchev–Trinajstić information content (AvgIpc) is 2.80. The highest BCUT2D eigenvalue weighted by molar-refractivity contribution is 5.97. The molecule has 0 aliphatic carbocycles. The van der Waals surface area contributed by atoms with Crippen LogP contribution in [0, 0.1) is 0 Å². The van der Waals surface area contributed by atoms with Gasteiger partial charge in [0.1, 0.15) is 11.5 Å². The smallest absolute Gasteiger partial charge is 0.357 e. The Balaban J connectivity index is 1.65. The summed E-state index contributed by atoms with van der Waals surface area (Å²) >= 11 is 0. The van der Waals surface area contributed by atoms with Crippen molar-refractivity contribution in [3.05, 3.63) is 83.9 Å². The van der Waals surface area contributed by atoms with Crippen LogP contribution in [0.2, 0.25) is 0 Å². The first-order valence-corrected chi connectivity index (χ1v) is 9.83. The summed E-state index contributed by atoms with van der Waals surface area (Å²) in [6, 6.07) is 23.3. The molecule has 0 unspecified atom stereocenters. The van der Waals surface area contributed by atoms with E-state index in [0.717, 1.165) is 48.6 Å². The zero-order valence-corrected chi connectivity index (χ0v) is 16.1. The second-order valence-corrected chi connectivity index (χ2v) is 7.17. The van der Waals surface area contributed by atoms with Crippen LogP contribution in [0.25, 0.3) is 11.1 Å². The van der Waals surface area contributed by atoms with E-state index in [2.05, 4.69) is 16.2 Å². The molecule has 0 radical (unpaired) electrons. The molecule has 1 heterocycles. The molecule has 0 bridgehead atoms. The van der Waals surface area contributed by atoms with E-state index < -0.39 is 5.97 Å². The fourth-order valence-corrected chi connectivity index (χ4v) is 3.78. The molecule has 5 nitrogen and oxygen atoms in total. The summed E-state index contributed by atoms with van der Waals surface area (Å²) in [7, 11) is 0. The number of hydrogen-bond donors (Lipinski definition) is 2. The van der Waals surface area contributed by atoms with Crippen LogP contribution in [0.4, 0.5) is 0 Å². The maximum Gasteiger partial charge on any atom is 0.357 e. The van der Waals surface area contributed by atoms with Crippen LogP contribution < -0.4 is 16.0 Å². The van der Waals surface area contributed by atoms with E-state index >= 15 is 0 Å². The molecular formula is C24H24N2O3. The highest BCUT2D eigenvalue weighted by atomic mass is 16.7. The maximum atomic E-state index is 12.2. The van der Waals surface area contributed by atoms with Crippen molar-refractivity contribution in [2.45, 2.75) is 18.8 Å². The molecule has 3 N–H and O–H groups in total. The molecule has 4 rings (SSSR count). The number of ether oxygens (including phenoxy) is 1. The summed E-state index contributed by atoms with van der Waals surface area (Å²) in [5.74, 6) is 6.62. The Labute approximate surface area is 170 Å².